The summed E-state index contributed by atoms with van der Waals surface area (Å²) in [4.78, 5) is 16.9. The Labute approximate surface area is 186 Å². The number of likely N-dealkylation sites (N-methyl/N-ethyl adjacent to an activating group) is 1. The van der Waals surface area contributed by atoms with Gasteiger partial charge in [0.05, 0.1) is 10.3 Å². The fourth-order valence-electron chi connectivity index (χ4n) is 2.89. The lowest BCUT2D eigenvalue weighted by Gasteiger charge is -2.32. The predicted molar refractivity (Wildman–Crippen MR) is 120 cm³/mol. The molecule has 0 spiro atoms. The maximum Gasteiger partial charge on any atom is 0.273 e. The first-order valence-corrected chi connectivity index (χ1v) is 11.7. The van der Waals surface area contributed by atoms with Crippen LogP contribution in [-0.2, 0) is 19.6 Å². The van der Waals surface area contributed by atoms with Gasteiger partial charge in [0.2, 0.25) is 6.29 Å². The molecule has 0 saturated heterocycles. The second-order valence-corrected chi connectivity index (χ2v) is 10.4. The van der Waals surface area contributed by atoms with Crippen LogP contribution < -0.4 is 5.32 Å². The summed E-state index contributed by atoms with van der Waals surface area (Å²) in [6.45, 7) is 8.57. The SMILES string of the molecule is C=CC1=C(C)C(OC(O)c2cccnc2)=C(C(=O)NC(C)SC(C)C=N)N(C)S1(=O)=O. The number of thioether (sulfide) groups is 1. The molecule has 3 unspecified atom stereocenters. The van der Waals surface area contributed by atoms with Crippen LogP contribution in [-0.4, -0.2) is 52.6 Å². The lowest BCUT2D eigenvalue weighted by Crippen LogP contribution is -2.43. The molecule has 168 valence electrons. The number of sulfonamides is 1. The minimum absolute atomic E-state index is 0.0848. The summed E-state index contributed by atoms with van der Waals surface area (Å²) in [5, 5.41) is 20.0. The van der Waals surface area contributed by atoms with E-state index in [1.165, 1.54) is 50.4 Å². The van der Waals surface area contributed by atoms with Gasteiger partial charge in [0.15, 0.2) is 11.5 Å². The number of aromatic nitrogens is 1. The Morgan fingerprint density at radius 1 is 1.45 bits per heavy atom. The molecule has 31 heavy (non-hydrogen) atoms. The Morgan fingerprint density at radius 3 is 2.68 bits per heavy atom. The van der Waals surface area contributed by atoms with Gasteiger partial charge in [0.1, 0.15) is 0 Å². The molecule has 9 nitrogen and oxygen atoms in total. The molecule has 3 N–H and O–H groups in total. The average Bonchev–Trinajstić information content (AvgIpc) is 2.72. The van der Waals surface area contributed by atoms with Crippen LogP contribution in [0.3, 0.4) is 0 Å². The third-order valence-corrected chi connectivity index (χ3v) is 7.49. The molecule has 1 aromatic rings. The van der Waals surface area contributed by atoms with Crippen LogP contribution in [0.25, 0.3) is 0 Å². The van der Waals surface area contributed by atoms with Gasteiger partial charge in [-0.3, -0.25) is 14.1 Å². The quantitative estimate of drug-likeness (QED) is 0.376. The fourth-order valence-corrected chi connectivity index (χ4v) is 5.18. The van der Waals surface area contributed by atoms with Gasteiger partial charge < -0.3 is 20.6 Å². The Kier molecular flexibility index (Phi) is 8.04. The van der Waals surface area contributed by atoms with Crippen molar-refractivity contribution < 1.29 is 23.1 Å². The summed E-state index contributed by atoms with van der Waals surface area (Å²) < 4.78 is 32.3. The Hall–Kier alpha value is -2.63. The van der Waals surface area contributed by atoms with Crippen molar-refractivity contribution in [3.8, 4) is 0 Å². The van der Waals surface area contributed by atoms with E-state index >= 15 is 0 Å². The monoisotopic (exact) mass is 466 g/mol. The Bertz CT molecular complexity index is 1020. The van der Waals surface area contributed by atoms with Crippen LogP contribution in [0.15, 0.2) is 59.1 Å². The lowest BCUT2D eigenvalue weighted by atomic mass is 10.1. The molecule has 11 heteroatoms. The van der Waals surface area contributed by atoms with Crippen molar-refractivity contribution in [1.29, 1.82) is 5.41 Å². The van der Waals surface area contributed by atoms with E-state index in [1.807, 2.05) is 0 Å². The van der Waals surface area contributed by atoms with Crippen molar-refractivity contribution in [2.45, 2.75) is 37.7 Å². The van der Waals surface area contributed by atoms with Crippen molar-refractivity contribution in [1.82, 2.24) is 14.6 Å². The third kappa shape index (κ3) is 5.35. The number of nitrogens with one attached hydrogen (secondary N) is 2. The van der Waals surface area contributed by atoms with E-state index < -0.39 is 27.6 Å². The van der Waals surface area contributed by atoms with Crippen molar-refractivity contribution in [3.63, 3.8) is 0 Å². The lowest BCUT2D eigenvalue weighted by molar-refractivity contribution is -0.119. The highest BCUT2D eigenvalue weighted by molar-refractivity contribution is 8.01. The summed E-state index contributed by atoms with van der Waals surface area (Å²) in [5.74, 6) is -0.780. The van der Waals surface area contributed by atoms with Gasteiger partial charge in [-0.1, -0.05) is 6.58 Å². The molecule has 0 radical (unpaired) electrons. The number of hydrogen-bond acceptors (Lipinski definition) is 8. The molecule has 1 amide bonds. The Morgan fingerprint density at radius 2 is 2.13 bits per heavy atom. The van der Waals surface area contributed by atoms with Gasteiger partial charge in [0, 0.05) is 42.0 Å². The number of aliphatic hydroxyl groups is 1. The highest BCUT2D eigenvalue weighted by Gasteiger charge is 2.39. The van der Waals surface area contributed by atoms with Crippen LogP contribution in [0.2, 0.25) is 0 Å². The first kappa shape index (κ1) is 24.6. The van der Waals surface area contributed by atoms with Crippen LogP contribution in [0.5, 0.6) is 0 Å². The largest absolute Gasteiger partial charge is 0.458 e. The summed E-state index contributed by atoms with van der Waals surface area (Å²) in [7, 11) is -2.80. The molecule has 1 aliphatic heterocycles. The number of aliphatic hydroxyl groups excluding tert-OH is 1. The second kappa shape index (κ2) is 10.1. The summed E-state index contributed by atoms with van der Waals surface area (Å²) in [6.07, 6.45) is 3.86. The molecule has 0 aliphatic carbocycles. The fraction of sp³-hybridized carbons (Fsp3) is 0.350. The number of rotatable bonds is 9. The Balaban J connectivity index is 2.52. The normalized spacial score (nSPS) is 18.8. The number of allylic oxidation sites excluding steroid dienone is 2. The van der Waals surface area contributed by atoms with Crippen molar-refractivity contribution in [2.24, 2.45) is 0 Å². The summed E-state index contributed by atoms with van der Waals surface area (Å²) in [5.41, 5.74) is 0.220. The zero-order chi connectivity index (χ0) is 23.3. The van der Waals surface area contributed by atoms with Crippen molar-refractivity contribution in [2.75, 3.05) is 7.05 Å². The van der Waals surface area contributed by atoms with E-state index in [0.29, 0.717) is 5.56 Å². The molecular formula is C20H26N4O5S2. The smallest absolute Gasteiger partial charge is 0.273 e. The molecule has 3 atom stereocenters. The molecule has 0 aromatic carbocycles. The zero-order valence-electron chi connectivity index (χ0n) is 17.7. The van der Waals surface area contributed by atoms with Crippen LogP contribution in [0, 0.1) is 5.41 Å². The molecule has 0 saturated carbocycles. The highest BCUT2D eigenvalue weighted by atomic mass is 32.2. The molecule has 1 aromatic heterocycles. The van der Waals surface area contributed by atoms with E-state index in [0.717, 1.165) is 4.31 Å². The van der Waals surface area contributed by atoms with Crippen molar-refractivity contribution >= 4 is 33.9 Å². The summed E-state index contributed by atoms with van der Waals surface area (Å²) >= 11 is 1.32. The highest BCUT2D eigenvalue weighted by Crippen LogP contribution is 2.36. The first-order chi connectivity index (χ1) is 14.5. The van der Waals surface area contributed by atoms with E-state index in [1.54, 1.807) is 26.0 Å². The summed E-state index contributed by atoms with van der Waals surface area (Å²) in [6, 6.07) is 3.20. The van der Waals surface area contributed by atoms with Gasteiger partial charge in [0.25, 0.3) is 15.9 Å². The predicted octanol–water partition coefficient (Wildman–Crippen LogP) is 2.27. The number of hydrogen-bond donors (Lipinski definition) is 3. The van der Waals surface area contributed by atoms with Crippen molar-refractivity contribution in [3.05, 3.63) is 64.7 Å². The number of carbonyl (C=O) groups excluding carboxylic acids is 1. The number of amides is 1. The first-order valence-electron chi connectivity index (χ1n) is 9.33. The maximum absolute atomic E-state index is 13.1. The average molecular weight is 467 g/mol. The second-order valence-electron chi connectivity index (χ2n) is 6.72. The standard InChI is InChI=1S/C20H26N4O5S2/c1-6-16-13(3)18(29-20(26)15-8-7-9-22-11-15)17(24(5)31(16,27)28)19(25)23-14(4)30-12(2)10-21/h6-12,14,20-21,26H,1H2,2-5H3,(H,23,25). The third-order valence-electron chi connectivity index (χ3n) is 4.47. The van der Waals surface area contributed by atoms with Gasteiger partial charge in [-0.15, -0.1) is 11.8 Å². The number of pyridine rings is 1. The maximum atomic E-state index is 13.1. The van der Waals surface area contributed by atoms with Crippen LogP contribution in [0.4, 0.5) is 0 Å². The number of nitrogens with zero attached hydrogens (tertiary/aromatic N) is 2. The van der Waals surface area contributed by atoms with Crippen LogP contribution in [0.1, 0.15) is 32.6 Å². The van der Waals surface area contributed by atoms with Gasteiger partial charge in [-0.05, 0) is 39.0 Å². The van der Waals surface area contributed by atoms with E-state index in [4.69, 9.17) is 10.1 Å². The molecule has 0 fully saturated rings. The topological polar surface area (TPSA) is 133 Å². The van der Waals surface area contributed by atoms with E-state index in [9.17, 15) is 18.3 Å². The molecule has 2 heterocycles. The molecule has 0 bridgehead atoms. The minimum atomic E-state index is -4.03. The van der Waals surface area contributed by atoms with Crippen LogP contribution >= 0.6 is 11.8 Å². The van der Waals surface area contributed by atoms with Gasteiger partial charge in [-0.2, -0.15) is 0 Å². The number of carbonyl (C=O) groups is 1. The van der Waals surface area contributed by atoms with E-state index in [2.05, 4.69) is 16.9 Å². The van der Waals surface area contributed by atoms with Gasteiger partial charge in [-0.25, -0.2) is 8.42 Å². The van der Waals surface area contributed by atoms with E-state index in [-0.39, 0.29) is 27.2 Å². The molecular weight excluding hydrogens is 440 g/mol. The minimum Gasteiger partial charge on any atom is -0.458 e. The number of ether oxygens (including phenoxy) is 1. The zero-order valence-corrected chi connectivity index (χ0v) is 19.3. The molecule has 1 aliphatic rings. The molecule has 2 rings (SSSR count). The van der Waals surface area contributed by atoms with Gasteiger partial charge >= 0.3 is 0 Å².